The van der Waals surface area contributed by atoms with E-state index in [0.717, 1.165) is 24.8 Å². The molecule has 1 aliphatic heterocycles. The van der Waals surface area contributed by atoms with E-state index in [1.54, 1.807) is 11.3 Å². The van der Waals surface area contributed by atoms with Crippen LogP contribution in [-0.2, 0) is 16.6 Å². The Morgan fingerprint density at radius 2 is 2.05 bits per heavy atom. The van der Waals surface area contributed by atoms with Gasteiger partial charge in [-0.1, -0.05) is 0 Å². The number of nitrogens with zero attached hydrogens (tertiary/aromatic N) is 3. The van der Waals surface area contributed by atoms with Crippen molar-refractivity contribution in [2.24, 2.45) is 0 Å². The zero-order valence-electron chi connectivity index (χ0n) is 11.6. The highest BCUT2D eigenvalue weighted by atomic mass is 32.2. The fourth-order valence-electron chi connectivity index (χ4n) is 2.27. The van der Waals surface area contributed by atoms with Crippen molar-refractivity contribution in [2.45, 2.75) is 25.4 Å². The van der Waals surface area contributed by atoms with E-state index in [1.165, 1.54) is 28.3 Å². The smallest absolute Gasteiger partial charge is 0.211 e. The molecule has 1 saturated carbocycles. The van der Waals surface area contributed by atoms with E-state index in [-0.39, 0.29) is 0 Å². The number of rotatable bonds is 5. The Balaban J connectivity index is 1.54. The Morgan fingerprint density at radius 1 is 1.35 bits per heavy atom. The van der Waals surface area contributed by atoms with Gasteiger partial charge in [0, 0.05) is 49.8 Å². The lowest BCUT2D eigenvalue weighted by atomic mass is 10.4. The van der Waals surface area contributed by atoms with Gasteiger partial charge >= 0.3 is 0 Å². The third-order valence-electron chi connectivity index (χ3n) is 3.66. The summed E-state index contributed by atoms with van der Waals surface area (Å²) in [5.41, 5.74) is 0. The Labute approximate surface area is 123 Å². The molecule has 0 amide bonds. The zero-order valence-corrected chi connectivity index (χ0v) is 13.2. The molecular formula is C12H20N4O2S2. The van der Waals surface area contributed by atoms with Crippen molar-refractivity contribution < 1.29 is 8.42 Å². The molecule has 8 heteroatoms. The molecule has 0 aromatic carbocycles. The summed E-state index contributed by atoms with van der Waals surface area (Å²) >= 11 is 1.70. The second kappa shape index (κ2) is 5.59. The van der Waals surface area contributed by atoms with Crippen LogP contribution in [0.15, 0.2) is 6.20 Å². The molecule has 2 fully saturated rings. The summed E-state index contributed by atoms with van der Waals surface area (Å²) in [7, 11) is -3.06. The van der Waals surface area contributed by atoms with Gasteiger partial charge in [-0.2, -0.15) is 4.31 Å². The number of anilines is 1. The summed E-state index contributed by atoms with van der Waals surface area (Å²) < 4.78 is 24.5. The van der Waals surface area contributed by atoms with Crippen molar-refractivity contribution in [3.63, 3.8) is 0 Å². The van der Waals surface area contributed by atoms with Crippen LogP contribution >= 0.6 is 11.3 Å². The molecule has 1 aromatic rings. The topological polar surface area (TPSA) is 65.5 Å². The van der Waals surface area contributed by atoms with Gasteiger partial charge in [0.05, 0.1) is 6.26 Å². The standard InChI is InChI=1S/C12H20N4O2S2/c1-20(17,18)16-6-4-15(5-7-16)12-14-9-11(19-12)8-13-10-2-3-10/h9-10,13H,2-8H2,1H3. The molecule has 112 valence electrons. The van der Waals surface area contributed by atoms with Crippen LogP contribution in [0.4, 0.5) is 5.13 Å². The van der Waals surface area contributed by atoms with Gasteiger partial charge in [0.1, 0.15) is 0 Å². The van der Waals surface area contributed by atoms with Crippen LogP contribution in [0.2, 0.25) is 0 Å². The largest absolute Gasteiger partial charge is 0.345 e. The fourth-order valence-corrected chi connectivity index (χ4v) is 4.01. The number of nitrogens with one attached hydrogen (secondary N) is 1. The average molecular weight is 316 g/mol. The Bertz CT molecular complexity index is 560. The van der Waals surface area contributed by atoms with Crippen molar-refractivity contribution in [2.75, 3.05) is 37.3 Å². The second-order valence-electron chi connectivity index (χ2n) is 5.41. The lowest BCUT2D eigenvalue weighted by Crippen LogP contribution is -2.48. The van der Waals surface area contributed by atoms with Crippen molar-refractivity contribution in [3.05, 3.63) is 11.1 Å². The molecule has 0 spiro atoms. The minimum absolute atomic E-state index is 0.550. The predicted molar refractivity (Wildman–Crippen MR) is 80.6 cm³/mol. The number of sulfonamides is 1. The monoisotopic (exact) mass is 316 g/mol. The maximum Gasteiger partial charge on any atom is 0.211 e. The van der Waals surface area contributed by atoms with Gasteiger partial charge in [0.15, 0.2) is 5.13 Å². The molecule has 1 aromatic heterocycles. The Morgan fingerprint density at radius 3 is 2.65 bits per heavy atom. The first-order valence-electron chi connectivity index (χ1n) is 6.90. The van der Waals surface area contributed by atoms with Gasteiger partial charge in [-0.3, -0.25) is 0 Å². The van der Waals surface area contributed by atoms with Gasteiger partial charge in [0.25, 0.3) is 0 Å². The van der Waals surface area contributed by atoms with E-state index in [2.05, 4.69) is 15.2 Å². The predicted octanol–water partition coefficient (Wildman–Crippen LogP) is 0.477. The maximum atomic E-state index is 11.5. The van der Waals surface area contributed by atoms with Crippen molar-refractivity contribution in [1.29, 1.82) is 0 Å². The highest BCUT2D eigenvalue weighted by Gasteiger charge is 2.25. The van der Waals surface area contributed by atoms with Crippen LogP contribution in [0.5, 0.6) is 0 Å². The Kier molecular flexibility index (Phi) is 3.98. The molecule has 0 atom stereocenters. The third kappa shape index (κ3) is 3.49. The summed E-state index contributed by atoms with van der Waals surface area (Å²) in [5, 5.41) is 4.49. The van der Waals surface area contributed by atoms with Crippen LogP contribution in [0, 0.1) is 0 Å². The fraction of sp³-hybridized carbons (Fsp3) is 0.750. The van der Waals surface area contributed by atoms with Gasteiger partial charge in [-0.25, -0.2) is 13.4 Å². The van der Waals surface area contributed by atoms with E-state index < -0.39 is 10.0 Å². The summed E-state index contributed by atoms with van der Waals surface area (Å²) in [5.74, 6) is 0. The van der Waals surface area contributed by atoms with Gasteiger partial charge in [-0.05, 0) is 12.8 Å². The van der Waals surface area contributed by atoms with Gasteiger partial charge in [0.2, 0.25) is 10.0 Å². The molecule has 6 nitrogen and oxygen atoms in total. The number of thiazole rings is 1. The molecule has 20 heavy (non-hydrogen) atoms. The first kappa shape index (κ1) is 14.2. The molecule has 0 unspecified atom stereocenters. The second-order valence-corrected chi connectivity index (χ2v) is 8.49. The van der Waals surface area contributed by atoms with Crippen LogP contribution in [-0.4, -0.2) is 56.2 Å². The minimum Gasteiger partial charge on any atom is -0.345 e. The molecule has 2 heterocycles. The molecule has 0 bridgehead atoms. The van der Waals surface area contributed by atoms with E-state index in [9.17, 15) is 8.42 Å². The first-order chi connectivity index (χ1) is 9.52. The zero-order chi connectivity index (χ0) is 14.2. The lowest BCUT2D eigenvalue weighted by molar-refractivity contribution is 0.388. The molecular weight excluding hydrogens is 296 g/mol. The molecule has 1 saturated heterocycles. The summed E-state index contributed by atoms with van der Waals surface area (Å²) in [6.07, 6.45) is 5.78. The minimum atomic E-state index is -3.06. The number of piperazine rings is 1. The van der Waals surface area contributed by atoms with E-state index in [1.807, 2.05) is 6.20 Å². The van der Waals surface area contributed by atoms with Crippen LogP contribution in [0.25, 0.3) is 0 Å². The van der Waals surface area contributed by atoms with Gasteiger partial charge in [-0.15, -0.1) is 11.3 Å². The molecule has 1 N–H and O–H groups in total. The van der Waals surface area contributed by atoms with Crippen molar-refractivity contribution in [1.82, 2.24) is 14.6 Å². The highest BCUT2D eigenvalue weighted by Crippen LogP contribution is 2.25. The summed E-state index contributed by atoms with van der Waals surface area (Å²) in [6, 6.07) is 0.707. The van der Waals surface area contributed by atoms with E-state index in [0.29, 0.717) is 19.1 Å². The van der Waals surface area contributed by atoms with Crippen LogP contribution < -0.4 is 10.2 Å². The number of hydrogen-bond acceptors (Lipinski definition) is 6. The lowest BCUT2D eigenvalue weighted by Gasteiger charge is -2.32. The average Bonchev–Trinajstić information content (AvgIpc) is 3.13. The first-order valence-corrected chi connectivity index (χ1v) is 9.57. The summed E-state index contributed by atoms with van der Waals surface area (Å²) in [6.45, 7) is 3.43. The van der Waals surface area contributed by atoms with Crippen LogP contribution in [0.1, 0.15) is 17.7 Å². The maximum absolute atomic E-state index is 11.5. The number of aromatic nitrogens is 1. The highest BCUT2D eigenvalue weighted by molar-refractivity contribution is 7.88. The number of hydrogen-bond donors (Lipinski definition) is 1. The third-order valence-corrected chi connectivity index (χ3v) is 6.02. The van der Waals surface area contributed by atoms with E-state index >= 15 is 0 Å². The molecule has 3 rings (SSSR count). The molecule has 2 aliphatic rings. The normalized spacial score (nSPS) is 21.4. The van der Waals surface area contributed by atoms with Crippen molar-refractivity contribution >= 4 is 26.5 Å². The quantitative estimate of drug-likeness (QED) is 0.856. The van der Waals surface area contributed by atoms with E-state index in [4.69, 9.17) is 0 Å². The molecule has 0 radical (unpaired) electrons. The van der Waals surface area contributed by atoms with Gasteiger partial charge < -0.3 is 10.2 Å². The van der Waals surface area contributed by atoms with Crippen molar-refractivity contribution in [3.8, 4) is 0 Å². The summed E-state index contributed by atoms with van der Waals surface area (Å²) in [4.78, 5) is 7.88. The van der Waals surface area contributed by atoms with Crippen LogP contribution in [0.3, 0.4) is 0 Å². The SMILES string of the molecule is CS(=O)(=O)N1CCN(c2ncc(CNC3CC3)s2)CC1. The molecule has 1 aliphatic carbocycles. The Hall–Kier alpha value is -0.700.